The third-order valence-electron chi connectivity index (χ3n) is 2.36. The predicted octanol–water partition coefficient (Wildman–Crippen LogP) is 2.12. The molecule has 100 valence electrons. The zero-order chi connectivity index (χ0) is 13.2. The molecule has 5 nitrogen and oxygen atoms in total. The number of nitrogens with one attached hydrogen (secondary N) is 2. The number of para-hydroxylation sites is 2. The largest absolute Gasteiger partial charge is 0.492 e. The fourth-order valence-corrected chi connectivity index (χ4v) is 1.45. The predicted molar refractivity (Wildman–Crippen MR) is 75.8 cm³/mol. The van der Waals surface area contributed by atoms with Crippen molar-refractivity contribution in [2.24, 2.45) is 10.8 Å². The maximum atomic E-state index is 5.52. The first-order valence-corrected chi connectivity index (χ1v) is 6.31. The van der Waals surface area contributed by atoms with E-state index in [-0.39, 0.29) is 0 Å². The average Bonchev–Trinajstić information content (AvgIpc) is 2.40. The molecule has 18 heavy (non-hydrogen) atoms. The molecule has 1 aromatic rings. The zero-order valence-corrected chi connectivity index (χ0v) is 11.1. The summed E-state index contributed by atoms with van der Waals surface area (Å²) < 4.78 is 5.52. The third kappa shape index (κ3) is 4.63. The summed E-state index contributed by atoms with van der Waals surface area (Å²) in [6.07, 6.45) is 2.15. The second-order valence-electron chi connectivity index (χ2n) is 3.78. The van der Waals surface area contributed by atoms with Gasteiger partial charge >= 0.3 is 0 Å². The van der Waals surface area contributed by atoms with Crippen LogP contribution in [0.2, 0.25) is 0 Å². The van der Waals surface area contributed by atoms with Gasteiger partial charge in [-0.05, 0) is 25.5 Å². The van der Waals surface area contributed by atoms with E-state index in [1.807, 2.05) is 31.2 Å². The van der Waals surface area contributed by atoms with Crippen molar-refractivity contribution in [2.45, 2.75) is 26.7 Å². The van der Waals surface area contributed by atoms with Crippen molar-refractivity contribution < 1.29 is 4.74 Å². The molecule has 0 spiro atoms. The van der Waals surface area contributed by atoms with Gasteiger partial charge in [-0.2, -0.15) is 0 Å². The van der Waals surface area contributed by atoms with Gasteiger partial charge in [0.15, 0.2) is 0 Å². The molecule has 0 saturated heterocycles. The summed E-state index contributed by atoms with van der Waals surface area (Å²) in [5, 5.41) is 3.13. The van der Waals surface area contributed by atoms with Gasteiger partial charge in [0.25, 0.3) is 0 Å². The molecule has 0 radical (unpaired) electrons. The molecule has 4 N–H and O–H groups in total. The molecule has 5 heteroatoms. The van der Waals surface area contributed by atoms with Crippen molar-refractivity contribution in [1.29, 1.82) is 0 Å². The van der Waals surface area contributed by atoms with Crippen LogP contribution >= 0.6 is 0 Å². The molecule has 1 aromatic carbocycles. The van der Waals surface area contributed by atoms with E-state index in [1.165, 1.54) is 0 Å². The number of hydrazine groups is 1. The van der Waals surface area contributed by atoms with Crippen molar-refractivity contribution in [3.05, 3.63) is 24.3 Å². The molecule has 1 rings (SSSR count). The highest BCUT2D eigenvalue weighted by atomic mass is 16.5. The Morgan fingerprint density at radius 1 is 1.33 bits per heavy atom. The SMILES string of the molecule is CCCCN=C(NN)Nc1ccccc1OCC. The smallest absolute Gasteiger partial charge is 0.210 e. The lowest BCUT2D eigenvalue weighted by Gasteiger charge is -2.13. The van der Waals surface area contributed by atoms with Gasteiger partial charge in [-0.3, -0.25) is 10.4 Å². The van der Waals surface area contributed by atoms with Gasteiger partial charge < -0.3 is 10.1 Å². The van der Waals surface area contributed by atoms with Crippen molar-refractivity contribution in [3.8, 4) is 5.75 Å². The minimum atomic E-state index is 0.551. The lowest BCUT2D eigenvalue weighted by atomic mass is 10.3. The molecule has 0 unspecified atom stereocenters. The van der Waals surface area contributed by atoms with E-state index in [4.69, 9.17) is 10.6 Å². The van der Waals surface area contributed by atoms with E-state index in [9.17, 15) is 0 Å². The maximum absolute atomic E-state index is 5.52. The molecule has 0 atom stereocenters. The number of anilines is 1. The normalized spacial score (nSPS) is 11.2. The van der Waals surface area contributed by atoms with E-state index in [1.54, 1.807) is 0 Å². The van der Waals surface area contributed by atoms with Crippen molar-refractivity contribution in [2.75, 3.05) is 18.5 Å². The summed E-state index contributed by atoms with van der Waals surface area (Å²) in [7, 11) is 0. The summed E-state index contributed by atoms with van der Waals surface area (Å²) in [5.74, 6) is 6.78. The lowest BCUT2D eigenvalue weighted by Crippen LogP contribution is -2.36. The van der Waals surface area contributed by atoms with Crippen molar-refractivity contribution in [3.63, 3.8) is 0 Å². The number of hydrogen-bond acceptors (Lipinski definition) is 3. The molecule has 0 aliphatic rings. The number of nitrogens with two attached hydrogens (primary N) is 1. The van der Waals surface area contributed by atoms with E-state index in [2.05, 4.69) is 22.7 Å². The summed E-state index contributed by atoms with van der Waals surface area (Å²) in [4.78, 5) is 4.34. The van der Waals surface area contributed by atoms with E-state index < -0.39 is 0 Å². The van der Waals surface area contributed by atoms with Gasteiger partial charge in [0.2, 0.25) is 5.96 Å². The Bertz CT molecular complexity index is 379. The molecular weight excluding hydrogens is 228 g/mol. The first-order chi connectivity index (χ1) is 8.81. The van der Waals surface area contributed by atoms with Crippen molar-refractivity contribution in [1.82, 2.24) is 5.43 Å². The quantitative estimate of drug-likeness (QED) is 0.238. The number of hydrogen-bond donors (Lipinski definition) is 3. The number of benzene rings is 1. The Labute approximate surface area is 108 Å². The number of aliphatic imine (C=N–C) groups is 1. The number of rotatable bonds is 6. The first kappa shape index (κ1) is 14.3. The molecule has 0 aromatic heterocycles. The number of nitrogens with zero attached hydrogens (tertiary/aromatic N) is 1. The van der Waals surface area contributed by atoms with Crippen molar-refractivity contribution >= 4 is 11.6 Å². The molecule has 0 aliphatic carbocycles. The van der Waals surface area contributed by atoms with Crippen LogP contribution in [-0.4, -0.2) is 19.1 Å². The molecule has 0 heterocycles. The monoisotopic (exact) mass is 250 g/mol. The van der Waals surface area contributed by atoms with Crippen LogP contribution in [0.4, 0.5) is 5.69 Å². The van der Waals surface area contributed by atoms with E-state index in [0.717, 1.165) is 30.8 Å². The molecule has 0 bridgehead atoms. The van der Waals surface area contributed by atoms with Crippen LogP contribution in [0, 0.1) is 0 Å². The van der Waals surface area contributed by atoms with Gasteiger partial charge in [0.1, 0.15) is 5.75 Å². The van der Waals surface area contributed by atoms with Crippen LogP contribution in [-0.2, 0) is 0 Å². The topological polar surface area (TPSA) is 71.7 Å². The lowest BCUT2D eigenvalue weighted by molar-refractivity contribution is 0.342. The van der Waals surface area contributed by atoms with Crippen LogP contribution in [0.1, 0.15) is 26.7 Å². The Morgan fingerprint density at radius 3 is 2.78 bits per heavy atom. The average molecular weight is 250 g/mol. The number of unbranched alkanes of at least 4 members (excludes halogenated alkanes) is 1. The van der Waals surface area contributed by atoms with Gasteiger partial charge in [0, 0.05) is 6.54 Å². The van der Waals surface area contributed by atoms with Crippen LogP contribution in [0.5, 0.6) is 5.75 Å². The summed E-state index contributed by atoms with van der Waals surface area (Å²) in [6, 6.07) is 7.70. The third-order valence-corrected chi connectivity index (χ3v) is 2.36. The standard InChI is InChI=1S/C13H22N4O/c1-3-5-10-15-13(17-14)16-11-8-6-7-9-12(11)18-4-2/h6-9H,3-5,10,14H2,1-2H3,(H2,15,16,17). The number of guanidine groups is 1. The zero-order valence-electron chi connectivity index (χ0n) is 11.1. The second kappa shape index (κ2) is 8.36. The van der Waals surface area contributed by atoms with Crippen LogP contribution in [0.15, 0.2) is 29.3 Å². The highest BCUT2D eigenvalue weighted by Crippen LogP contribution is 2.23. The van der Waals surface area contributed by atoms with E-state index in [0.29, 0.717) is 12.6 Å². The summed E-state index contributed by atoms with van der Waals surface area (Å²) in [5.41, 5.74) is 3.42. The van der Waals surface area contributed by atoms with Crippen LogP contribution in [0.25, 0.3) is 0 Å². The Balaban J connectivity index is 2.71. The van der Waals surface area contributed by atoms with Gasteiger partial charge in [-0.25, -0.2) is 5.84 Å². The Kier molecular flexibility index (Phi) is 6.64. The van der Waals surface area contributed by atoms with Crippen LogP contribution < -0.4 is 21.3 Å². The number of ether oxygens (including phenoxy) is 1. The summed E-state index contributed by atoms with van der Waals surface area (Å²) in [6.45, 7) is 5.45. The molecular formula is C13H22N4O. The highest BCUT2D eigenvalue weighted by Gasteiger charge is 2.04. The van der Waals surface area contributed by atoms with Gasteiger partial charge in [-0.15, -0.1) is 0 Å². The van der Waals surface area contributed by atoms with E-state index >= 15 is 0 Å². The molecule has 0 fully saturated rings. The fraction of sp³-hybridized carbons (Fsp3) is 0.462. The molecule has 0 amide bonds. The molecule has 0 aliphatic heterocycles. The first-order valence-electron chi connectivity index (χ1n) is 6.31. The minimum absolute atomic E-state index is 0.551. The Morgan fingerprint density at radius 2 is 2.11 bits per heavy atom. The summed E-state index contributed by atoms with van der Waals surface area (Å²) >= 11 is 0. The van der Waals surface area contributed by atoms with Gasteiger partial charge in [0.05, 0.1) is 12.3 Å². The Hall–Kier alpha value is -1.75. The minimum Gasteiger partial charge on any atom is -0.492 e. The van der Waals surface area contributed by atoms with Gasteiger partial charge in [-0.1, -0.05) is 25.5 Å². The maximum Gasteiger partial charge on any atom is 0.210 e. The highest BCUT2D eigenvalue weighted by molar-refractivity contribution is 5.94. The molecule has 0 saturated carbocycles. The van der Waals surface area contributed by atoms with Crippen LogP contribution in [0.3, 0.4) is 0 Å². The second-order valence-corrected chi connectivity index (χ2v) is 3.78. The fourth-order valence-electron chi connectivity index (χ4n) is 1.45.